The van der Waals surface area contributed by atoms with Crippen LogP contribution in [0.5, 0.6) is 5.75 Å². The van der Waals surface area contributed by atoms with E-state index >= 15 is 0 Å². The highest BCUT2D eigenvalue weighted by Gasteiger charge is 2.36. The summed E-state index contributed by atoms with van der Waals surface area (Å²) in [6, 6.07) is 0.924. The molecule has 0 atom stereocenters. The minimum absolute atomic E-state index is 0.0100. The summed E-state index contributed by atoms with van der Waals surface area (Å²) in [5.41, 5.74) is 4.70. The lowest BCUT2D eigenvalue weighted by atomic mass is 9.99. The van der Waals surface area contributed by atoms with Gasteiger partial charge in [0.05, 0.1) is 17.4 Å². The summed E-state index contributed by atoms with van der Waals surface area (Å²) in [5.74, 6) is -0.316. The highest BCUT2D eigenvalue weighted by atomic mass is 19.4. The third kappa shape index (κ3) is 4.24. The molecule has 19 heavy (non-hydrogen) atoms. The maximum absolute atomic E-state index is 13.0. The molecule has 0 saturated carbocycles. The van der Waals surface area contributed by atoms with Gasteiger partial charge in [-0.25, -0.2) is 0 Å². The molecule has 0 radical (unpaired) electrons. The molecular formula is C13H17F3N2O. The molecule has 0 aliphatic rings. The lowest BCUT2D eigenvalue weighted by Crippen LogP contribution is -2.30. The summed E-state index contributed by atoms with van der Waals surface area (Å²) < 4.78 is 44.0. The van der Waals surface area contributed by atoms with Gasteiger partial charge in [0.2, 0.25) is 0 Å². The van der Waals surface area contributed by atoms with Crippen LogP contribution in [0.1, 0.15) is 32.0 Å². The van der Waals surface area contributed by atoms with E-state index in [-0.39, 0.29) is 18.1 Å². The standard InChI is InChI=1S/C13H17F3N2O/c1-8(2)7-19-10-6-18-11(12(3,4)17)5-9(10)13(14,15)16/h5-6H,1,7,17H2,2-4H3. The number of halogens is 3. The minimum atomic E-state index is -4.52. The molecule has 2 N–H and O–H groups in total. The van der Waals surface area contributed by atoms with E-state index < -0.39 is 17.3 Å². The molecule has 0 aliphatic heterocycles. The van der Waals surface area contributed by atoms with Gasteiger partial charge in [-0.2, -0.15) is 13.2 Å². The van der Waals surface area contributed by atoms with Crippen molar-refractivity contribution in [2.24, 2.45) is 5.73 Å². The first-order valence-corrected chi connectivity index (χ1v) is 5.65. The SMILES string of the molecule is C=C(C)COc1cnc(C(C)(C)N)cc1C(F)(F)F. The fourth-order valence-electron chi connectivity index (χ4n) is 1.33. The van der Waals surface area contributed by atoms with Gasteiger partial charge in [-0.05, 0) is 32.4 Å². The molecule has 0 amide bonds. The smallest absolute Gasteiger partial charge is 0.420 e. The van der Waals surface area contributed by atoms with Gasteiger partial charge in [0, 0.05) is 0 Å². The zero-order chi connectivity index (χ0) is 14.8. The van der Waals surface area contributed by atoms with Gasteiger partial charge in [0.25, 0.3) is 0 Å². The van der Waals surface area contributed by atoms with E-state index in [1.165, 1.54) is 0 Å². The van der Waals surface area contributed by atoms with Crippen LogP contribution in [0.4, 0.5) is 13.2 Å². The van der Waals surface area contributed by atoms with Crippen LogP contribution in [0.3, 0.4) is 0 Å². The van der Waals surface area contributed by atoms with Gasteiger partial charge in [0.1, 0.15) is 17.9 Å². The van der Waals surface area contributed by atoms with E-state index in [4.69, 9.17) is 10.5 Å². The number of hydrogen-bond acceptors (Lipinski definition) is 3. The molecular weight excluding hydrogens is 257 g/mol. The highest BCUT2D eigenvalue weighted by Crippen LogP contribution is 2.37. The molecule has 6 heteroatoms. The van der Waals surface area contributed by atoms with Crippen LogP contribution in [-0.2, 0) is 11.7 Å². The van der Waals surface area contributed by atoms with Crippen molar-refractivity contribution in [1.82, 2.24) is 4.98 Å². The second-order valence-electron chi connectivity index (χ2n) is 5.03. The fraction of sp³-hybridized carbons (Fsp3) is 0.462. The first-order chi connectivity index (χ1) is 8.51. The Morgan fingerprint density at radius 3 is 2.42 bits per heavy atom. The van der Waals surface area contributed by atoms with Gasteiger partial charge in [-0.15, -0.1) is 0 Å². The summed E-state index contributed by atoms with van der Waals surface area (Å²) in [7, 11) is 0. The summed E-state index contributed by atoms with van der Waals surface area (Å²) in [6.45, 7) is 8.42. The van der Waals surface area contributed by atoms with Crippen LogP contribution in [0.25, 0.3) is 0 Å². The van der Waals surface area contributed by atoms with Crippen molar-refractivity contribution in [3.8, 4) is 5.75 Å². The summed E-state index contributed by atoms with van der Waals surface area (Å²) in [5, 5.41) is 0. The van der Waals surface area contributed by atoms with Crippen molar-refractivity contribution in [1.29, 1.82) is 0 Å². The Morgan fingerprint density at radius 2 is 2.00 bits per heavy atom. The topological polar surface area (TPSA) is 48.1 Å². The van der Waals surface area contributed by atoms with Crippen molar-refractivity contribution in [2.45, 2.75) is 32.5 Å². The predicted octanol–water partition coefficient (Wildman–Crippen LogP) is 3.25. The molecule has 0 bridgehead atoms. The molecule has 1 aromatic heterocycles. The average molecular weight is 274 g/mol. The zero-order valence-corrected chi connectivity index (χ0v) is 11.1. The summed E-state index contributed by atoms with van der Waals surface area (Å²) in [6.07, 6.45) is -3.47. The van der Waals surface area contributed by atoms with Crippen LogP contribution in [0.2, 0.25) is 0 Å². The number of nitrogens with zero attached hydrogens (tertiary/aromatic N) is 1. The van der Waals surface area contributed by atoms with Gasteiger partial charge >= 0.3 is 6.18 Å². The maximum Gasteiger partial charge on any atom is 0.420 e. The van der Waals surface area contributed by atoms with E-state index in [0.29, 0.717) is 5.57 Å². The largest absolute Gasteiger partial charge is 0.487 e. The number of aromatic nitrogens is 1. The average Bonchev–Trinajstić information content (AvgIpc) is 2.23. The molecule has 0 saturated heterocycles. The molecule has 106 valence electrons. The third-order valence-electron chi connectivity index (χ3n) is 2.31. The number of rotatable bonds is 4. The third-order valence-corrected chi connectivity index (χ3v) is 2.31. The summed E-state index contributed by atoms with van der Waals surface area (Å²) >= 11 is 0. The van der Waals surface area contributed by atoms with Gasteiger partial charge in [-0.3, -0.25) is 4.98 Å². The summed E-state index contributed by atoms with van der Waals surface area (Å²) in [4.78, 5) is 3.92. The van der Waals surface area contributed by atoms with Crippen molar-refractivity contribution in [2.75, 3.05) is 6.61 Å². The van der Waals surface area contributed by atoms with E-state index in [1.807, 2.05) is 0 Å². The Labute approximate surface area is 110 Å². The van der Waals surface area contributed by atoms with E-state index in [1.54, 1.807) is 20.8 Å². The van der Waals surface area contributed by atoms with Crippen LogP contribution in [0.15, 0.2) is 24.4 Å². The second kappa shape index (κ2) is 5.21. The Kier molecular flexibility index (Phi) is 4.25. The van der Waals surface area contributed by atoms with Crippen molar-refractivity contribution in [3.05, 3.63) is 35.7 Å². The van der Waals surface area contributed by atoms with Gasteiger partial charge in [-0.1, -0.05) is 6.58 Å². The highest BCUT2D eigenvalue weighted by molar-refractivity contribution is 5.36. The Hall–Kier alpha value is -1.56. The number of hydrogen-bond donors (Lipinski definition) is 1. The van der Waals surface area contributed by atoms with Crippen LogP contribution in [-0.4, -0.2) is 11.6 Å². The zero-order valence-electron chi connectivity index (χ0n) is 11.1. The van der Waals surface area contributed by atoms with E-state index in [2.05, 4.69) is 11.6 Å². The molecule has 1 aromatic rings. The lowest BCUT2D eigenvalue weighted by Gasteiger charge is -2.21. The van der Waals surface area contributed by atoms with Crippen molar-refractivity contribution in [3.63, 3.8) is 0 Å². The molecule has 0 unspecified atom stereocenters. The molecule has 0 fully saturated rings. The van der Waals surface area contributed by atoms with Gasteiger partial charge in [0.15, 0.2) is 0 Å². The molecule has 0 spiro atoms. The first-order valence-electron chi connectivity index (χ1n) is 5.65. The number of ether oxygens (including phenoxy) is 1. The molecule has 0 aliphatic carbocycles. The number of alkyl halides is 3. The Balaban J connectivity index is 3.22. The van der Waals surface area contributed by atoms with Crippen molar-refractivity contribution < 1.29 is 17.9 Å². The number of pyridine rings is 1. The normalized spacial score (nSPS) is 12.4. The minimum Gasteiger partial charge on any atom is -0.487 e. The Bertz CT molecular complexity index is 476. The second-order valence-corrected chi connectivity index (χ2v) is 5.03. The van der Waals surface area contributed by atoms with Crippen molar-refractivity contribution >= 4 is 0 Å². The molecule has 1 rings (SSSR count). The van der Waals surface area contributed by atoms with Gasteiger partial charge < -0.3 is 10.5 Å². The quantitative estimate of drug-likeness (QED) is 0.857. The lowest BCUT2D eigenvalue weighted by molar-refractivity contribution is -0.139. The first kappa shape index (κ1) is 15.5. The Morgan fingerprint density at radius 1 is 1.42 bits per heavy atom. The molecule has 3 nitrogen and oxygen atoms in total. The number of nitrogens with two attached hydrogens (primary N) is 1. The van der Waals surface area contributed by atoms with Crippen LogP contribution >= 0.6 is 0 Å². The predicted molar refractivity (Wildman–Crippen MR) is 66.8 cm³/mol. The van der Waals surface area contributed by atoms with E-state index in [0.717, 1.165) is 12.3 Å². The molecule has 0 aromatic carbocycles. The molecule has 1 heterocycles. The van der Waals surface area contributed by atoms with E-state index in [9.17, 15) is 13.2 Å². The van der Waals surface area contributed by atoms with Crippen LogP contribution < -0.4 is 10.5 Å². The maximum atomic E-state index is 13.0. The monoisotopic (exact) mass is 274 g/mol. The van der Waals surface area contributed by atoms with Crippen LogP contribution in [0, 0.1) is 0 Å². The fourth-order valence-corrected chi connectivity index (χ4v) is 1.33.